The highest BCUT2D eigenvalue weighted by atomic mass is 16.5. The highest BCUT2D eigenvalue weighted by Gasteiger charge is 2.17. The molecule has 1 aromatic carbocycles. The topological polar surface area (TPSA) is 67.1 Å². The van der Waals surface area contributed by atoms with Crippen LogP contribution in [-0.4, -0.2) is 33.1 Å². The second-order valence-electron chi connectivity index (χ2n) is 7.63. The van der Waals surface area contributed by atoms with Crippen LogP contribution < -0.4 is 5.32 Å². The van der Waals surface area contributed by atoms with Gasteiger partial charge in [0.15, 0.2) is 5.82 Å². The predicted octanol–water partition coefficient (Wildman–Crippen LogP) is 4.28. The normalized spacial score (nSPS) is 15.6. The standard InChI is InChI=1S/C22H27N5O/c1-16-9-12-27(13-10-16)15-19-7-4-3-6-18(19)14-24-21-20(8-5-11-23-21)22-25-17(2)26-28-22/h3-8,11,16H,9-10,12-15H2,1-2H3,(H,23,24). The molecular weight excluding hydrogens is 350 g/mol. The maximum Gasteiger partial charge on any atom is 0.261 e. The Balaban J connectivity index is 1.47. The van der Waals surface area contributed by atoms with Gasteiger partial charge in [0.05, 0.1) is 5.56 Å². The molecule has 6 nitrogen and oxygen atoms in total. The Labute approximate surface area is 166 Å². The molecule has 1 N–H and O–H groups in total. The van der Waals surface area contributed by atoms with Crippen LogP contribution in [0.5, 0.6) is 0 Å². The number of hydrogen-bond acceptors (Lipinski definition) is 6. The number of hydrogen-bond donors (Lipinski definition) is 1. The number of nitrogens with one attached hydrogen (secondary N) is 1. The van der Waals surface area contributed by atoms with E-state index in [1.54, 1.807) is 6.20 Å². The zero-order valence-electron chi connectivity index (χ0n) is 16.6. The van der Waals surface area contributed by atoms with Gasteiger partial charge in [-0.05, 0) is 62.0 Å². The van der Waals surface area contributed by atoms with Crippen LogP contribution >= 0.6 is 0 Å². The van der Waals surface area contributed by atoms with Crippen molar-refractivity contribution in [2.24, 2.45) is 5.92 Å². The first-order chi connectivity index (χ1) is 13.7. The summed E-state index contributed by atoms with van der Waals surface area (Å²) in [6.45, 7) is 8.24. The van der Waals surface area contributed by atoms with Gasteiger partial charge in [-0.25, -0.2) is 4.98 Å². The van der Waals surface area contributed by atoms with E-state index in [-0.39, 0.29) is 0 Å². The molecule has 0 bridgehead atoms. The van der Waals surface area contributed by atoms with Crippen LogP contribution in [0.25, 0.3) is 11.5 Å². The number of pyridine rings is 1. The van der Waals surface area contributed by atoms with Crippen LogP contribution in [0, 0.1) is 12.8 Å². The van der Waals surface area contributed by atoms with Crippen molar-refractivity contribution in [3.63, 3.8) is 0 Å². The van der Waals surface area contributed by atoms with Gasteiger partial charge >= 0.3 is 0 Å². The van der Waals surface area contributed by atoms with Crippen molar-refractivity contribution in [2.75, 3.05) is 18.4 Å². The average molecular weight is 377 g/mol. The summed E-state index contributed by atoms with van der Waals surface area (Å²) in [5.41, 5.74) is 3.49. The highest BCUT2D eigenvalue weighted by molar-refractivity contribution is 5.68. The third kappa shape index (κ3) is 4.39. The fraction of sp³-hybridized carbons (Fsp3) is 0.409. The maximum absolute atomic E-state index is 5.33. The van der Waals surface area contributed by atoms with Crippen molar-refractivity contribution in [1.82, 2.24) is 20.0 Å². The zero-order chi connectivity index (χ0) is 19.3. The first-order valence-electron chi connectivity index (χ1n) is 9.98. The van der Waals surface area contributed by atoms with Crippen molar-refractivity contribution < 1.29 is 4.52 Å². The molecule has 3 aromatic rings. The van der Waals surface area contributed by atoms with E-state index in [0.717, 1.165) is 23.8 Å². The fourth-order valence-corrected chi connectivity index (χ4v) is 3.65. The van der Waals surface area contributed by atoms with Crippen LogP contribution in [0.4, 0.5) is 5.82 Å². The molecule has 3 heterocycles. The molecule has 28 heavy (non-hydrogen) atoms. The number of rotatable bonds is 6. The number of aryl methyl sites for hydroxylation is 1. The lowest BCUT2D eigenvalue weighted by atomic mass is 9.98. The Morgan fingerprint density at radius 2 is 1.89 bits per heavy atom. The fourth-order valence-electron chi connectivity index (χ4n) is 3.65. The smallest absolute Gasteiger partial charge is 0.261 e. The summed E-state index contributed by atoms with van der Waals surface area (Å²) in [6.07, 6.45) is 4.36. The molecule has 0 saturated carbocycles. The van der Waals surface area contributed by atoms with E-state index in [2.05, 4.69) is 56.5 Å². The van der Waals surface area contributed by atoms with Gasteiger partial charge in [0, 0.05) is 19.3 Å². The number of anilines is 1. The third-order valence-electron chi connectivity index (χ3n) is 5.40. The minimum Gasteiger partial charge on any atom is -0.365 e. The lowest BCUT2D eigenvalue weighted by Gasteiger charge is -2.30. The second kappa shape index (κ2) is 8.52. The Morgan fingerprint density at radius 1 is 1.11 bits per heavy atom. The van der Waals surface area contributed by atoms with Crippen LogP contribution in [0.1, 0.15) is 36.7 Å². The number of piperidine rings is 1. The average Bonchev–Trinajstić information content (AvgIpc) is 3.15. The van der Waals surface area contributed by atoms with Crippen molar-refractivity contribution in [3.05, 3.63) is 59.5 Å². The van der Waals surface area contributed by atoms with E-state index in [1.807, 2.05) is 19.1 Å². The summed E-state index contributed by atoms with van der Waals surface area (Å²) in [5.74, 6) is 2.71. The van der Waals surface area contributed by atoms with Crippen LogP contribution in [0.15, 0.2) is 47.1 Å². The molecule has 0 atom stereocenters. The minimum absolute atomic E-state index is 0.490. The quantitative estimate of drug-likeness (QED) is 0.691. The molecule has 1 saturated heterocycles. The van der Waals surface area contributed by atoms with Crippen molar-refractivity contribution in [2.45, 2.75) is 39.8 Å². The molecule has 0 radical (unpaired) electrons. The zero-order valence-corrected chi connectivity index (χ0v) is 16.6. The first-order valence-corrected chi connectivity index (χ1v) is 9.98. The lowest BCUT2D eigenvalue weighted by Crippen LogP contribution is -2.32. The summed E-state index contributed by atoms with van der Waals surface area (Å²) in [4.78, 5) is 11.4. The number of aromatic nitrogens is 3. The third-order valence-corrected chi connectivity index (χ3v) is 5.40. The largest absolute Gasteiger partial charge is 0.365 e. The van der Waals surface area contributed by atoms with Crippen molar-refractivity contribution in [1.29, 1.82) is 0 Å². The summed E-state index contributed by atoms with van der Waals surface area (Å²) >= 11 is 0. The highest BCUT2D eigenvalue weighted by Crippen LogP contribution is 2.25. The van der Waals surface area contributed by atoms with Crippen LogP contribution in [0.3, 0.4) is 0 Å². The Bertz CT molecular complexity index is 915. The number of likely N-dealkylation sites (tertiary alicyclic amines) is 1. The van der Waals surface area contributed by atoms with E-state index in [4.69, 9.17) is 4.52 Å². The Kier molecular flexibility index (Phi) is 5.67. The molecule has 0 spiro atoms. The SMILES string of the molecule is Cc1noc(-c2cccnc2NCc2ccccc2CN2CCC(C)CC2)n1. The summed E-state index contributed by atoms with van der Waals surface area (Å²) in [7, 11) is 0. The summed E-state index contributed by atoms with van der Waals surface area (Å²) < 4.78 is 5.33. The molecule has 0 amide bonds. The summed E-state index contributed by atoms with van der Waals surface area (Å²) in [6, 6.07) is 12.5. The number of benzene rings is 1. The monoisotopic (exact) mass is 377 g/mol. The van der Waals surface area contributed by atoms with Crippen LogP contribution in [0.2, 0.25) is 0 Å². The molecule has 2 aromatic heterocycles. The van der Waals surface area contributed by atoms with Gasteiger partial charge in [-0.1, -0.05) is 36.3 Å². The Morgan fingerprint density at radius 3 is 2.64 bits per heavy atom. The van der Waals surface area contributed by atoms with E-state index >= 15 is 0 Å². The molecule has 0 aliphatic carbocycles. The molecule has 4 rings (SSSR count). The van der Waals surface area contributed by atoms with Gasteiger partial charge in [-0.3, -0.25) is 4.90 Å². The van der Waals surface area contributed by atoms with Gasteiger partial charge in [-0.15, -0.1) is 0 Å². The molecule has 6 heteroatoms. The summed E-state index contributed by atoms with van der Waals surface area (Å²) in [5, 5.41) is 7.35. The maximum atomic E-state index is 5.33. The molecule has 146 valence electrons. The predicted molar refractivity (Wildman–Crippen MR) is 110 cm³/mol. The molecule has 0 unspecified atom stereocenters. The van der Waals surface area contributed by atoms with Gasteiger partial charge in [-0.2, -0.15) is 4.98 Å². The first kappa shape index (κ1) is 18.6. The van der Waals surface area contributed by atoms with Crippen LogP contribution in [-0.2, 0) is 13.1 Å². The van der Waals surface area contributed by atoms with E-state index in [0.29, 0.717) is 18.3 Å². The van der Waals surface area contributed by atoms with Crippen molar-refractivity contribution in [3.8, 4) is 11.5 Å². The van der Waals surface area contributed by atoms with Crippen molar-refractivity contribution >= 4 is 5.82 Å². The lowest BCUT2D eigenvalue weighted by molar-refractivity contribution is 0.185. The van der Waals surface area contributed by atoms with Gasteiger partial charge in [0.1, 0.15) is 5.82 Å². The van der Waals surface area contributed by atoms with Gasteiger partial charge in [0.2, 0.25) is 0 Å². The minimum atomic E-state index is 0.490. The second-order valence-corrected chi connectivity index (χ2v) is 7.63. The van der Waals surface area contributed by atoms with Gasteiger partial charge < -0.3 is 9.84 Å². The van der Waals surface area contributed by atoms with E-state index in [1.165, 1.54) is 37.1 Å². The van der Waals surface area contributed by atoms with Gasteiger partial charge in [0.25, 0.3) is 5.89 Å². The molecular formula is C22H27N5O. The Hall–Kier alpha value is -2.73. The molecule has 1 fully saturated rings. The number of nitrogens with zero attached hydrogens (tertiary/aromatic N) is 4. The van der Waals surface area contributed by atoms with E-state index < -0.39 is 0 Å². The van der Waals surface area contributed by atoms with E-state index in [9.17, 15) is 0 Å². The molecule has 1 aliphatic rings. The molecule has 1 aliphatic heterocycles.